The van der Waals surface area contributed by atoms with E-state index in [0.717, 1.165) is 10.8 Å². The first-order valence-electron chi connectivity index (χ1n) is 4.64. The van der Waals surface area contributed by atoms with Crippen molar-refractivity contribution in [1.29, 1.82) is 5.26 Å². The van der Waals surface area contributed by atoms with Gasteiger partial charge in [-0.3, -0.25) is 0 Å². The quantitative estimate of drug-likeness (QED) is 0.797. The molecular formula is C12H10N2S. The maximum Gasteiger partial charge on any atom is 0.101 e. The van der Waals surface area contributed by atoms with Gasteiger partial charge in [0.25, 0.3) is 0 Å². The number of rotatable bonds is 3. The van der Waals surface area contributed by atoms with Gasteiger partial charge in [0, 0.05) is 11.9 Å². The molecule has 0 aliphatic carbocycles. The Hall–Kier alpha value is -1.66. The SMILES string of the molecule is N#Cc1c[nH]c(SCc2ccccc2)c1. The summed E-state index contributed by atoms with van der Waals surface area (Å²) in [4.78, 5) is 3.07. The fraction of sp³-hybridized carbons (Fsp3) is 0.0833. The lowest BCUT2D eigenvalue weighted by atomic mass is 10.2. The Labute approximate surface area is 92.9 Å². The highest BCUT2D eigenvalue weighted by molar-refractivity contribution is 7.98. The van der Waals surface area contributed by atoms with Crippen LogP contribution in [0.2, 0.25) is 0 Å². The standard InChI is InChI=1S/C12H10N2S/c13-7-11-6-12(14-8-11)15-9-10-4-2-1-3-5-10/h1-6,8,14H,9H2. The van der Waals surface area contributed by atoms with Crippen molar-refractivity contribution in [2.45, 2.75) is 10.8 Å². The third kappa shape index (κ3) is 2.64. The highest BCUT2D eigenvalue weighted by Crippen LogP contribution is 2.21. The molecule has 0 amide bonds. The summed E-state index contributed by atoms with van der Waals surface area (Å²) in [5, 5.41) is 9.69. The van der Waals surface area contributed by atoms with Crippen LogP contribution in [-0.4, -0.2) is 4.98 Å². The summed E-state index contributed by atoms with van der Waals surface area (Å²) in [6, 6.07) is 14.2. The number of aromatic nitrogens is 1. The van der Waals surface area contributed by atoms with Crippen LogP contribution in [0.3, 0.4) is 0 Å². The number of nitrogens with zero attached hydrogens (tertiary/aromatic N) is 1. The van der Waals surface area contributed by atoms with Crippen molar-refractivity contribution < 1.29 is 0 Å². The summed E-state index contributed by atoms with van der Waals surface area (Å²) >= 11 is 1.70. The minimum atomic E-state index is 0.686. The van der Waals surface area contributed by atoms with Crippen LogP contribution in [0.1, 0.15) is 11.1 Å². The van der Waals surface area contributed by atoms with Crippen LogP contribution in [-0.2, 0) is 5.75 Å². The Morgan fingerprint density at radius 2 is 2.07 bits per heavy atom. The molecule has 3 heteroatoms. The van der Waals surface area contributed by atoms with Crippen LogP contribution in [0.4, 0.5) is 0 Å². The minimum absolute atomic E-state index is 0.686. The van der Waals surface area contributed by atoms with Gasteiger partial charge in [0.15, 0.2) is 0 Å². The van der Waals surface area contributed by atoms with Gasteiger partial charge in [-0.25, -0.2) is 0 Å². The highest BCUT2D eigenvalue weighted by Gasteiger charge is 1.99. The molecule has 0 atom stereocenters. The Morgan fingerprint density at radius 3 is 2.73 bits per heavy atom. The van der Waals surface area contributed by atoms with Crippen LogP contribution >= 0.6 is 11.8 Å². The Balaban J connectivity index is 1.97. The summed E-state index contributed by atoms with van der Waals surface area (Å²) in [5.41, 5.74) is 1.97. The lowest BCUT2D eigenvalue weighted by Crippen LogP contribution is -1.78. The molecule has 0 radical (unpaired) electrons. The number of thioether (sulfide) groups is 1. The lowest BCUT2D eigenvalue weighted by molar-refractivity contribution is 1.20. The van der Waals surface area contributed by atoms with Gasteiger partial charge in [-0.1, -0.05) is 30.3 Å². The molecule has 0 unspecified atom stereocenters. The van der Waals surface area contributed by atoms with E-state index >= 15 is 0 Å². The van der Waals surface area contributed by atoms with E-state index in [0.29, 0.717) is 5.56 Å². The van der Waals surface area contributed by atoms with Gasteiger partial charge in [0.05, 0.1) is 10.6 Å². The van der Waals surface area contributed by atoms with E-state index in [1.807, 2.05) is 24.3 Å². The zero-order valence-electron chi connectivity index (χ0n) is 8.10. The molecule has 0 spiro atoms. The van der Waals surface area contributed by atoms with Gasteiger partial charge < -0.3 is 4.98 Å². The van der Waals surface area contributed by atoms with Crippen molar-refractivity contribution >= 4 is 11.8 Å². The third-order valence-corrected chi connectivity index (χ3v) is 3.05. The van der Waals surface area contributed by atoms with E-state index in [4.69, 9.17) is 5.26 Å². The molecule has 0 saturated heterocycles. The van der Waals surface area contributed by atoms with Crippen molar-refractivity contribution in [3.8, 4) is 6.07 Å². The predicted octanol–water partition coefficient (Wildman–Crippen LogP) is 3.18. The van der Waals surface area contributed by atoms with Crippen LogP contribution in [0.5, 0.6) is 0 Å². The number of H-pyrrole nitrogens is 1. The topological polar surface area (TPSA) is 39.6 Å². The van der Waals surface area contributed by atoms with Gasteiger partial charge >= 0.3 is 0 Å². The molecular weight excluding hydrogens is 204 g/mol. The lowest BCUT2D eigenvalue weighted by Gasteiger charge is -1.98. The number of nitriles is 1. The van der Waals surface area contributed by atoms with Gasteiger partial charge in [0.2, 0.25) is 0 Å². The Bertz CT molecular complexity index is 468. The van der Waals surface area contributed by atoms with Gasteiger partial charge in [0.1, 0.15) is 6.07 Å². The number of nitrogens with one attached hydrogen (secondary N) is 1. The van der Waals surface area contributed by atoms with E-state index < -0.39 is 0 Å². The van der Waals surface area contributed by atoms with Gasteiger partial charge in [-0.15, -0.1) is 11.8 Å². The highest BCUT2D eigenvalue weighted by atomic mass is 32.2. The number of hydrogen-bond donors (Lipinski definition) is 1. The average molecular weight is 214 g/mol. The maximum absolute atomic E-state index is 8.66. The summed E-state index contributed by atoms with van der Waals surface area (Å²) < 4.78 is 0. The van der Waals surface area contributed by atoms with E-state index in [9.17, 15) is 0 Å². The minimum Gasteiger partial charge on any atom is -0.355 e. The first-order chi connectivity index (χ1) is 7.38. The molecule has 0 bridgehead atoms. The maximum atomic E-state index is 8.66. The number of benzene rings is 1. The largest absolute Gasteiger partial charge is 0.355 e. The number of hydrogen-bond acceptors (Lipinski definition) is 2. The summed E-state index contributed by atoms with van der Waals surface area (Å²) in [6.07, 6.45) is 1.73. The van der Waals surface area contributed by atoms with Crippen molar-refractivity contribution in [2.24, 2.45) is 0 Å². The molecule has 1 aromatic heterocycles. The number of aromatic amines is 1. The molecule has 1 heterocycles. The molecule has 2 aromatic rings. The normalized spacial score (nSPS) is 9.80. The van der Waals surface area contributed by atoms with Crippen molar-refractivity contribution in [3.63, 3.8) is 0 Å². The van der Waals surface area contributed by atoms with Crippen LogP contribution in [0.15, 0.2) is 47.6 Å². The van der Waals surface area contributed by atoms with E-state index in [1.165, 1.54) is 5.56 Å². The Morgan fingerprint density at radius 1 is 1.27 bits per heavy atom. The molecule has 15 heavy (non-hydrogen) atoms. The zero-order valence-corrected chi connectivity index (χ0v) is 8.92. The molecule has 2 nitrogen and oxygen atoms in total. The van der Waals surface area contributed by atoms with Crippen molar-refractivity contribution in [1.82, 2.24) is 4.98 Å². The fourth-order valence-electron chi connectivity index (χ4n) is 1.26. The molecule has 0 aliphatic rings. The summed E-state index contributed by atoms with van der Waals surface area (Å²) in [6.45, 7) is 0. The molecule has 0 aliphatic heterocycles. The molecule has 74 valence electrons. The smallest absolute Gasteiger partial charge is 0.101 e. The van der Waals surface area contributed by atoms with Gasteiger partial charge in [-0.2, -0.15) is 5.26 Å². The zero-order chi connectivity index (χ0) is 10.5. The summed E-state index contributed by atoms with van der Waals surface area (Å²) in [7, 11) is 0. The molecule has 2 rings (SSSR count). The third-order valence-electron chi connectivity index (χ3n) is 2.02. The summed E-state index contributed by atoms with van der Waals surface area (Å²) in [5.74, 6) is 0.923. The molecule has 1 N–H and O–H groups in total. The van der Waals surface area contributed by atoms with Gasteiger partial charge in [-0.05, 0) is 11.6 Å². The van der Waals surface area contributed by atoms with Crippen LogP contribution in [0, 0.1) is 11.3 Å². The van der Waals surface area contributed by atoms with E-state index in [-0.39, 0.29) is 0 Å². The average Bonchev–Trinajstić information content (AvgIpc) is 2.76. The first-order valence-corrected chi connectivity index (χ1v) is 5.62. The van der Waals surface area contributed by atoms with E-state index in [2.05, 4.69) is 23.2 Å². The van der Waals surface area contributed by atoms with E-state index in [1.54, 1.807) is 18.0 Å². The second-order valence-electron chi connectivity index (χ2n) is 3.14. The first kappa shape index (κ1) is 9.88. The predicted molar refractivity (Wildman–Crippen MR) is 61.5 cm³/mol. The molecule has 0 saturated carbocycles. The Kier molecular flexibility index (Phi) is 3.11. The molecule has 1 aromatic carbocycles. The molecule has 0 fully saturated rings. The van der Waals surface area contributed by atoms with Crippen LogP contribution < -0.4 is 0 Å². The fourth-order valence-corrected chi connectivity index (χ4v) is 2.12. The second-order valence-corrected chi connectivity index (χ2v) is 4.16. The second kappa shape index (κ2) is 4.72. The van der Waals surface area contributed by atoms with Crippen molar-refractivity contribution in [2.75, 3.05) is 0 Å². The van der Waals surface area contributed by atoms with Crippen molar-refractivity contribution in [3.05, 3.63) is 53.7 Å². The monoisotopic (exact) mass is 214 g/mol. The van der Waals surface area contributed by atoms with Crippen LogP contribution in [0.25, 0.3) is 0 Å².